The maximum Gasteiger partial charge on any atom is 0.272 e. The molecule has 0 amide bonds. The Balaban J connectivity index is 1.10. The minimum Gasteiger partial charge on any atom is -0.353 e. The summed E-state index contributed by atoms with van der Waals surface area (Å²) in [5.41, 5.74) is 8.78. The second-order valence-corrected chi connectivity index (χ2v) is 16.5. The number of aromatic nitrogens is 1. The van der Waals surface area contributed by atoms with Crippen molar-refractivity contribution >= 4 is 133 Å². The minimum absolute atomic E-state index is 0.0256. The summed E-state index contributed by atoms with van der Waals surface area (Å²) >= 11 is 0. The van der Waals surface area contributed by atoms with Crippen LogP contribution >= 0.6 is 0 Å². The van der Waals surface area contributed by atoms with E-state index in [9.17, 15) is 4.11 Å². The Morgan fingerprint density at radius 2 is 0.820 bits per heavy atom. The van der Waals surface area contributed by atoms with Crippen LogP contribution in [0.1, 0.15) is 5.48 Å². The van der Waals surface area contributed by atoms with E-state index >= 15 is 0 Å². The summed E-state index contributed by atoms with van der Waals surface area (Å²) in [6.07, 6.45) is 0. The molecule has 0 aliphatic carbocycles. The highest BCUT2D eigenvalue weighted by atomic mass is 15.2. The molecule has 0 fully saturated rings. The molecular formula is C57H36BN3. The Bertz CT molecular complexity index is 4050. The van der Waals surface area contributed by atoms with Gasteiger partial charge in [0, 0.05) is 52.0 Å². The fraction of sp³-hybridized carbons (Fsp3) is 0.0175. The van der Waals surface area contributed by atoms with E-state index in [1.54, 1.807) is 0 Å². The third-order valence-corrected chi connectivity index (χ3v) is 13.6. The Labute approximate surface area is 358 Å². The summed E-state index contributed by atoms with van der Waals surface area (Å²) in [5, 5.41) is 15.2. The Morgan fingerprint density at radius 3 is 1.36 bits per heavy atom. The first-order chi connectivity index (χ1) is 31.9. The lowest BCUT2D eigenvalue weighted by Crippen LogP contribution is -2.62. The molecule has 12 aromatic rings. The fourth-order valence-electron chi connectivity index (χ4n) is 11.2. The van der Waals surface area contributed by atoms with Crippen LogP contribution < -0.4 is 26.3 Å². The second kappa shape index (κ2) is 12.1. The summed E-state index contributed by atoms with van der Waals surface area (Å²) in [5.74, 6) is 0. The van der Waals surface area contributed by atoms with Crippen molar-refractivity contribution < 1.29 is 5.48 Å². The molecule has 0 N–H and O–H groups in total. The maximum atomic E-state index is 9.82. The lowest BCUT2D eigenvalue weighted by atomic mass is 9.35. The van der Waals surface area contributed by atoms with Gasteiger partial charge in [0.25, 0.3) is 6.71 Å². The van der Waals surface area contributed by atoms with E-state index in [2.05, 4.69) is 197 Å². The van der Waals surface area contributed by atoms with Gasteiger partial charge >= 0.3 is 0 Å². The number of aryl methyl sites for hydroxylation is 1. The molecule has 4 heteroatoms. The summed E-state index contributed by atoms with van der Waals surface area (Å²) in [7, 11) is 2.10. The first kappa shape index (κ1) is 29.4. The average Bonchev–Trinajstić information content (AvgIpc) is 3.66. The molecule has 282 valence electrons. The molecule has 14 rings (SSSR count). The van der Waals surface area contributed by atoms with E-state index in [-0.39, 0.29) is 24.2 Å². The molecule has 0 saturated heterocycles. The molecule has 0 unspecified atom stereocenters. The normalized spacial score (nSPS) is 14.1. The highest BCUT2D eigenvalue weighted by Gasteiger charge is 2.45. The molecule has 0 spiro atoms. The fourth-order valence-corrected chi connectivity index (χ4v) is 11.2. The zero-order chi connectivity index (χ0) is 43.4. The summed E-state index contributed by atoms with van der Waals surface area (Å²) in [6.45, 7) is -0.507. The quantitative estimate of drug-likeness (QED) is 0.128. The van der Waals surface area contributed by atoms with Gasteiger partial charge in [-0.1, -0.05) is 152 Å². The van der Waals surface area contributed by atoms with Crippen LogP contribution in [0.15, 0.2) is 200 Å². The highest BCUT2D eigenvalue weighted by molar-refractivity contribution is 7.00. The Kier molecular flexibility index (Phi) is 5.84. The van der Waals surface area contributed by atoms with Gasteiger partial charge in [0.15, 0.2) is 0 Å². The van der Waals surface area contributed by atoms with Gasteiger partial charge in [-0.3, -0.25) is 0 Å². The topological polar surface area (TPSA) is 11.4 Å². The molecule has 3 heterocycles. The monoisotopic (exact) mass is 777 g/mol. The molecule has 61 heavy (non-hydrogen) atoms. The maximum absolute atomic E-state index is 9.82. The molecule has 0 atom stereocenters. The Hall–Kier alpha value is -7.82. The smallest absolute Gasteiger partial charge is 0.272 e. The Morgan fingerprint density at radius 1 is 0.393 bits per heavy atom. The molecule has 2 aliphatic heterocycles. The largest absolute Gasteiger partial charge is 0.353 e. The van der Waals surface area contributed by atoms with E-state index in [4.69, 9.17) is 1.37 Å². The molecule has 2 aliphatic rings. The molecule has 11 aromatic carbocycles. The summed E-state index contributed by atoms with van der Waals surface area (Å²) in [4.78, 5) is 4.52. The zero-order valence-corrected chi connectivity index (χ0v) is 33.2. The van der Waals surface area contributed by atoms with Gasteiger partial charge in [0.2, 0.25) is 0 Å². The van der Waals surface area contributed by atoms with Crippen LogP contribution in [0.5, 0.6) is 0 Å². The lowest BCUT2D eigenvalue weighted by molar-refractivity contribution is 0.997. The first-order valence-corrected chi connectivity index (χ1v) is 21.0. The molecule has 3 nitrogen and oxygen atoms in total. The number of benzene rings is 11. The van der Waals surface area contributed by atoms with Crippen molar-refractivity contribution in [3.05, 3.63) is 200 Å². The van der Waals surface area contributed by atoms with E-state index in [1.165, 1.54) is 48.5 Å². The van der Waals surface area contributed by atoms with Crippen LogP contribution in [0.4, 0.5) is 34.1 Å². The van der Waals surface area contributed by atoms with Crippen molar-refractivity contribution in [2.75, 3.05) is 9.80 Å². The third kappa shape index (κ3) is 4.33. The van der Waals surface area contributed by atoms with Crippen molar-refractivity contribution in [1.82, 2.24) is 4.57 Å². The zero-order valence-electron chi connectivity index (χ0n) is 37.2. The van der Waals surface area contributed by atoms with Crippen LogP contribution in [-0.2, 0) is 7.05 Å². The SMILES string of the molecule is [2H]c1c([2H])c([2H])c2c(c1[2H])B1c3c(cccc3N(c3ccc4c5ccccc5c5ccccc5c4c3)c3c1n(C)c1ccccc31)N2c1ccc2c3ccccc3c3ccccc3c2c1. The van der Waals surface area contributed by atoms with Gasteiger partial charge in [-0.15, -0.1) is 0 Å². The number of hydrogen-bond donors (Lipinski definition) is 0. The van der Waals surface area contributed by atoms with Crippen molar-refractivity contribution in [3.8, 4) is 0 Å². The van der Waals surface area contributed by atoms with E-state index in [0.717, 1.165) is 66.6 Å². The standard InChI is InChI=1S/C57H36BN3/c1-59-51-25-12-10-23-47(51)56-57(59)58-50-24-11-13-26-52(50)60(35-29-31-45-41-19-4-2-15-37(41)39-17-6-8-21-43(39)48(45)33-35)53-27-14-28-54(55(53)58)61(56)36-30-32-46-42-20-5-3-16-38(42)40-18-7-9-22-44(40)49(46)34-36/h2-34H,1H3/i11D,13D,24D,26D. The first-order valence-electron chi connectivity index (χ1n) is 23.0. The number of para-hydroxylation sites is 2. The second-order valence-electron chi connectivity index (χ2n) is 16.5. The van der Waals surface area contributed by atoms with E-state index in [0.29, 0.717) is 11.2 Å². The van der Waals surface area contributed by atoms with Crippen molar-refractivity contribution in [1.29, 1.82) is 0 Å². The lowest BCUT2D eigenvalue weighted by Gasteiger charge is -2.43. The third-order valence-electron chi connectivity index (χ3n) is 13.6. The molecule has 1 aromatic heterocycles. The van der Waals surface area contributed by atoms with Gasteiger partial charge in [-0.2, -0.15) is 0 Å². The van der Waals surface area contributed by atoms with Crippen LogP contribution in [0.25, 0.3) is 75.5 Å². The van der Waals surface area contributed by atoms with Gasteiger partial charge in [-0.05, 0) is 124 Å². The number of nitrogens with zero attached hydrogens (tertiary/aromatic N) is 3. The van der Waals surface area contributed by atoms with Gasteiger partial charge in [-0.25, -0.2) is 0 Å². The van der Waals surface area contributed by atoms with Crippen LogP contribution in [0.2, 0.25) is 0 Å². The van der Waals surface area contributed by atoms with Gasteiger partial charge in [0.05, 0.1) is 11.2 Å². The van der Waals surface area contributed by atoms with Crippen LogP contribution in [0.3, 0.4) is 0 Å². The number of hydrogen-bond acceptors (Lipinski definition) is 2. The van der Waals surface area contributed by atoms with Crippen molar-refractivity contribution in [2.24, 2.45) is 7.05 Å². The van der Waals surface area contributed by atoms with Crippen LogP contribution in [0, 0.1) is 0 Å². The number of rotatable bonds is 2. The predicted molar refractivity (Wildman–Crippen MR) is 262 cm³/mol. The molecule has 0 radical (unpaired) electrons. The van der Waals surface area contributed by atoms with E-state index < -0.39 is 6.71 Å². The number of anilines is 6. The molecular weight excluding hydrogens is 737 g/mol. The van der Waals surface area contributed by atoms with Gasteiger partial charge < -0.3 is 14.4 Å². The summed E-state index contributed by atoms with van der Waals surface area (Å²) < 4.78 is 40.1. The van der Waals surface area contributed by atoms with Gasteiger partial charge in [0.1, 0.15) is 0 Å². The molecule has 0 bridgehead atoms. The summed E-state index contributed by atoms with van der Waals surface area (Å²) in [6, 6.07) is 62.2. The molecule has 0 saturated carbocycles. The predicted octanol–water partition coefficient (Wildman–Crippen LogP) is 13.2. The highest BCUT2D eigenvalue weighted by Crippen LogP contribution is 2.48. The van der Waals surface area contributed by atoms with Crippen molar-refractivity contribution in [2.45, 2.75) is 0 Å². The average molecular weight is 778 g/mol. The number of fused-ring (bicyclic) bond motifs is 18. The minimum atomic E-state index is -0.507. The van der Waals surface area contributed by atoms with E-state index in [1.807, 2.05) is 0 Å². The van der Waals surface area contributed by atoms with Crippen LogP contribution in [-0.4, -0.2) is 11.3 Å². The van der Waals surface area contributed by atoms with Crippen molar-refractivity contribution in [3.63, 3.8) is 0 Å².